The Kier molecular flexibility index (Phi) is 6.08. The van der Waals surface area contributed by atoms with Crippen LogP contribution >= 0.6 is 0 Å². The number of alkyl halides is 2. The zero-order valence-electron chi connectivity index (χ0n) is 9.22. The largest absolute Gasteiger partial charge is 0.469 e. The molecule has 0 amide bonds. The van der Waals surface area contributed by atoms with Crippen LogP contribution in [0, 0.1) is 0 Å². The molecule has 0 aliphatic carbocycles. The van der Waals surface area contributed by atoms with E-state index < -0.39 is 40.3 Å². The second-order valence-electron chi connectivity index (χ2n) is 2.92. The third-order valence-corrected chi connectivity index (χ3v) is 2.76. The minimum atomic E-state index is -5.35. The zero-order valence-corrected chi connectivity index (χ0v) is 10.0. The van der Waals surface area contributed by atoms with Gasteiger partial charge >= 0.3 is 27.3 Å². The number of hydrogen-bond acceptors (Lipinski definition) is 8. The highest BCUT2D eigenvalue weighted by atomic mass is 32.2. The molecule has 0 aromatic heterocycles. The third-order valence-electron chi connectivity index (χ3n) is 1.65. The summed E-state index contributed by atoms with van der Waals surface area (Å²) in [5.41, 5.74) is 0. The van der Waals surface area contributed by atoms with Gasteiger partial charge < -0.3 is 9.47 Å². The molecule has 0 rings (SSSR count). The molecule has 18 heavy (non-hydrogen) atoms. The Labute approximate surface area is 101 Å². The topological polar surface area (TPSA) is 122 Å². The highest BCUT2D eigenvalue weighted by molar-refractivity contribution is 7.87. The average molecular weight is 291 g/mol. The molecule has 0 atom stereocenters. The van der Waals surface area contributed by atoms with Gasteiger partial charge in [0.1, 0.15) is 0 Å². The number of hydrogen-bond donors (Lipinski definition) is 1. The van der Waals surface area contributed by atoms with Crippen LogP contribution in [0.2, 0.25) is 0 Å². The summed E-state index contributed by atoms with van der Waals surface area (Å²) < 4.78 is 58.2. The Hall–Kier alpha value is -1.33. The lowest BCUT2D eigenvalue weighted by atomic mass is 10.3. The van der Waals surface area contributed by atoms with E-state index in [0.29, 0.717) is 0 Å². The standard InChI is InChI=1S/C7H11F2NO7S/c1-15-5(11)2-3-6(12)16-4-7(8,9)18(13,14)17-10/h2-4,10H2,1H3. The fraction of sp³-hybridized carbons (Fsp3) is 0.714. The zero-order chi connectivity index (χ0) is 14.4. The number of halogens is 2. The molecule has 0 saturated heterocycles. The third kappa shape index (κ3) is 4.89. The summed E-state index contributed by atoms with van der Waals surface area (Å²) in [7, 11) is -4.28. The van der Waals surface area contributed by atoms with Crippen molar-refractivity contribution in [2.75, 3.05) is 13.7 Å². The van der Waals surface area contributed by atoms with Crippen molar-refractivity contribution in [3.8, 4) is 0 Å². The van der Waals surface area contributed by atoms with Gasteiger partial charge in [-0.15, -0.1) is 0 Å². The molecule has 0 aliphatic heterocycles. The summed E-state index contributed by atoms with van der Waals surface area (Å²) in [5, 5.41) is -4.47. The molecule has 0 aromatic rings. The van der Waals surface area contributed by atoms with E-state index in [2.05, 4.69) is 19.7 Å². The number of ether oxygens (including phenoxy) is 2. The van der Waals surface area contributed by atoms with Crippen molar-refractivity contribution >= 4 is 22.1 Å². The summed E-state index contributed by atoms with van der Waals surface area (Å²) in [6.45, 7) is -1.76. The summed E-state index contributed by atoms with van der Waals surface area (Å²) in [6.07, 6.45) is -0.896. The fourth-order valence-corrected chi connectivity index (χ4v) is 1.03. The molecule has 0 radical (unpaired) electrons. The number of carbonyl (C=O) groups excluding carboxylic acids is 2. The molecule has 0 unspecified atom stereocenters. The number of esters is 2. The molecule has 0 aromatic carbocycles. The van der Waals surface area contributed by atoms with E-state index in [4.69, 9.17) is 0 Å². The van der Waals surface area contributed by atoms with Gasteiger partial charge in [0.15, 0.2) is 6.61 Å². The number of nitrogens with two attached hydrogens (primary N) is 1. The van der Waals surface area contributed by atoms with Crippen molar-refractivity contribution in [1.82, 2.24) is 0 Å². The normalized spacial score (nSPS) is 12.0. The lowest BCUT2D eigenvalue weighted by molar-refractivity contribution is -0.153. The first-order chi connectivity index (χ1) is 8.16. The van der Waals surface area contributed by atoms with Gasteiger partial charge in [-0.25, -0.2) is 0 Å². The van der Waals surface area contributed by atoms with Crippen LogP contribution in [-0.4, -0.2) is 39.3 Å². The predicted octanol–water partition coefficient (Wildman–Crippen LogP) is -0.704. The maximum atomic E-state index is 12.9. The van der Waals surface area contributed by atoms with Crippen LogP contribution < -0.4 is 5.90 Å². The van der Waals surface area contributed by atoms with Gasteiger partial charge in [0, 0.05) is 0 Å². The monoisotopic (exact) mass is 291 g/mol. The van der Waals surface area contributed by atoms with Gasteiger partial charge in [-0.1, -0.05) is 0 Å². The molecule has 2 N–H and O–H groups in total. The molecule has 8 nitrogen and oxygen atoms in total. The van der Waals surface area contributed by atoms with Crippen LogP contribution in [0.3, 0.4) is 0 Å². The van der Waals surface area contributed by atoms with Crippen LogP contribution in [0.25, 0.3) is 0 Å². The maximum absolute atomic E-state index is 12.9. The van der Waals surface area contributed by atoms with Crippen LogP contribution in [0.4, 0.5) is 8.78 Å². The number of methoxy groups -OCH3 is 1. The maximum Gasteiger partial charge on any atom is 0.404 e. The second-order valence-corrected chi connectivity index (χ2v) is 4.62. The molecule has 0 fully saturated rings. The van der Waals surface area contributed by atoms with Crippen molar-refractivity contribution in [2.45, 2.75) is 18.1 Å². The SMILES string of the molecule is COC(=O)CCC(=O)OCC(F)(F)S(=O)(=O)ON. The Morgan fingerprint density at radius 1 is 1.22 bits per heavy atom. The van der Waals surface area contributed by atoms with Crippen molar-refractivity contribution < 1.29 is 40.5 Å². The Morgan fingerprint density at radius 3 is 2.17 bits per heavy atom. The van der Waals surface area contributed by atoms with Crippen molar-refractivity contribution in [2.24, 2.45) is 5.90 Å². The first-order valence-electron chi connectivity index (χ1n) is 4.39. The van der Waals surface area contributed by atoms with Crippen LogP contribution in [0.5, 0.6) is 0 Å². The first kappa shape index (κ1) is 16.7. The van der Waals surface area contributed by atoms with Crippen LogP contribution in [-0.2, 0) is 33.5 Å². The molecular weight excluding hydrogens is 280 g/mol. The first-order valence-corrected chi connectivity index (χ1v) is 5.80. The minimum absolute atomic E-state index is 0.374. The van der Waals surface area contributed by atoms with Crippen LogP contribution in [0.1, 0.15) is 12.8 Å². The van der Waals surface area contributed by atoms with E-state index in [1.54, 1.807) is 0 Å². The Morgan fingerprint density at radius 2 is 1.72 bits per heavy atom. The smallest absolute Gasteiger partial charge is 0.404 e. The summed E-state index contributed by atoms with van der Waals surface area (Å²) in [5.74, 6) is 2.22. The molecule has 0 bridgehead atoms. The highest BCUT2D eigenvalue weighted by Gasteiger charge is 2.47. The van der Waals surface area contributed by atoms with E-state index in [1.807, 2.05) is 0 Å². The van der Waals surface area contributed by atoms with Gasteiger partial charge in [-0.05, 0) is 0 Å². The summed E-state index contributed by atoms with van der Waals surface area (Å²) >= 11 is 0. The Bertz CT molecular complexity index is 408. The van der Waals surface area contributed by atoms with Crippen molar-refractivity contribution in [1.29, 1.82) is 0 Å². The van der Waals surface area contributed by atoms with E-state index in [1.165, 1.54) is 0 Å². The van der Waals surface area contributed by atoms with E-state index in [0.717, 1.165) is 7.11 Å². The van der Waals surface area contributed by atoms with Gasteiger partial charge in [0.05, 0.1) is 20.0 Å². The van der Waals surface area contributed by atoms with E-state index in [-0.39, 0.29) is 6.42 Å². The van der Waals surface area contributed by atoms with Gasteiger partial charge in [-0.3, -0.25) is 9.59 Å². The predicted molar refractivity (Wildman–Crippen MR) is 51.3 cm³/mol. The fourth-order valence-electron chi connectivity index (χ4n) is 0.685. The molecule has 0 saturated carbocycles. The van der Waals surface area contributed by atoms with Gasteiger partial charge in [0.25, 0.3) is 0 Å². The van der Waals surface area contributed by atoms with E-state index in [9.17, 15) is 26.8 Å². The van der Waals surface area contributed by atoms with Crippen molar-refractivity contribution in [3.05, 3.63) is 0 Å². The second kappa shape index (κ2) is 6.56. The van der Waals surface area contributed by atoms with E-state index >= 15 is 0 Å². The van der Waals surface area contributed by atoms with Crippen molar-refractivity contribution in [3.63, 3.8) is 0 Å². The summed E-state index contributed by atoms with van der Waals surface area (Å²) in [6, 6.07) is 0. The minimum Gasteiger partial charge on any atom is -0.469 e. The molecule has 11 heteroatoms. The lowest BCUT2D eigenvalue weighted by Gasteiger charge is -2.14. The molecule has 0 heterocycles. The summed E-state index contributed by atoms with van der Waals surface area (Å²) in [4.78, 5) is 21.5. The quantitative estimate of drug-likeness (QED) is 0.482. The van der Waals surface area contributed by atoms with Gasteiger partial charge in [0.2, 0.25) is 0 Å². The highest BCUT2D eigenvalue weighted by Crippen LogP contribution is 2.22. The average Bonchev–Trinajstić information content (AvgIpc) is 2.33. The van der Waals surface area contributed by atoms with Crippen LogP contribution in [0.15, 0.2) is 0 Å². The molecule has 106 valence electrons. The Balaban J connectivity index is 4.25. The molecule has 0 aliphatic rings. The molecule has 0 spiro atoms. The molecular formula is C7H11F2NO7S. The number of rotatable bonds is 7. The lowest BCUT2D eigenvalue weighted by Crippen LogP contribution is -2.37. The number of carbonyl (C=O) groups is 2. The van der Waals surface area contributed by atoms with Gasteiger partial charge in [-0.2, -0.15) is 27.4 Å².